The summed E-state index contributed by atoms with van der Waals surface area (Å²) in [6.45, 7) is 6.47. The molecule has 0 spiro atoms. The first-order valence-corrected chi connectivity index (χ1v) is 17.4. The first-order valence-electron chi connectivity index (χ1n) is 16.6. The maximum Gasteiger partial charge on any atom is 0.276 e. The topological polar surface area (TPSA) is 102 Å². The largest absolute Gasteiger partial charge is 0.276 e. The Morgan fingerprint density at radius 2 is 1.15 bits per heavy atom. The molecule has 0 radical (unpaired) electrons. The van der Waals surface area contributed by atoms with Gasteiger partial charge in [-0.05, 0) is 36.4 Å². The van der Waals surface area contributed by atoms with Crippen molar-refractivity contribution in [2.75, 3.05) is 0 Å². The van der Waals surface area contributed by atoms with Gasteiger partial charge in [-0.2, -0.15) is 5.01 Å². The number of rotatable bonds is 19. The molecule has 1 aliphatic heterocycles. The molecule has 256 valence electrons. The molecule has 10 nitrogen and oxygen atoms in total. The van der Waals surface area contributed by atoms with Crippen molar-refractivity contribution in [1.29, 1.82) is 0 Å². The summed E-state index contributed by atoms with van der Waals surface area (Å²) in [5.41, 5.74) is 2.35. The van der Waals surface area contributed by atoms with Gasteiger partial charge in [-0.15, -0.1) is 35.0 Å². The normalized spacial score (nSPS) is 12.6. The first-order chi connectivity index (χ1) is 22.0. The minimum Gasteiger partial charge on any atom is -0.267 e. The molecule has 0 saturated heterocycles. The van der Waals surface area contributed by atoms with Crippen molar-refractivity contribution in [3.8, 4) is 0 Å². The maximum atomic E-state index is 14.0. The third-order valence-corrected chi connectivity index (χ3v) is 9.15. The number of hydrogen-bond acceptors (Lipinski definition) is 7. The summed E-state index contributed by atoms with van der Waals surface area (Å²) in [5.74, 6) is -0.731. The van der Waals surface area contributed by atoms with Crippen LogP contribution in [0.5, 0.6) is 0 Å². The molecule has 0 unspecified atom stereocenters. The Hall–Kier alpha value is -2.86. The summed E-state index contributed by atoms with van der Waals surface area (Å²) in [4.78, 5) is 28.0. The second-order valence-corrected chi connectivity index (χ2v) is 12.9. The molecule has 0 atom stereocenters. The molecule has 0 aliphatic carbocycles. The summed E-state index contributed by atoms with van der Waals surface area (Å²) < 4.78 is 4.56. The monoisotopic (exact) mass is 748 g/mol. The van der Waals surface area contributed by atoms with Crippen molar-refractivity contribution < 1.29 is 9.59 Å². The number of carbonyl (C=O) groups excluding carboxylic acids is 2. The number of amides is 2. The highest BCUT2D eigenvalue weighted by molar-refractivity contribution is 9.10. The van der Waals surface area contributed by atoms with Gasteiger partial charge >= 0.3 is 0 Å². The number of nitrogens with zero attached hydrogens (tertiary/aromatic N) is 8. The van der Waals surface area contributed by atoms with E-state index in [1.807, 2.05) is 40.0 Å². The first kappa shape index (κ1) is 38.6. The number of carbonyl (C=O) groups is 2. The molecule has 0 fully saturated rings. The summed E-state index contributed by atoms with van der Waals surface area (Å²) in [7, 11) is 0. The van der Waals surface area contributed by atoms with Crippen LogP contribution in [0.1, 0.15) is 123 Å². The average molecular weight is 751 g/mol. The number of aromatic nitrogens is 6. The zero-order chi connectivity index (χ0) is 31.6. The van der Waals surface area contributed by atoms with Crippen LogP contribution in [0.3, 0.4) is 0 Å². The van der Waals surface area contributed by atoms with Crippen molar-refractivity contribution in [2.45, 2.75) is 117 Å². The number of imide groups is 1. The van der Waals surface area contributed by atoms with Crippen LogP contribution in [0, 0.1) is 0 Å². The highest BCUT2D eigenvalue weighted by Gasteiger charge is 2.37. The lowest BCUT2D eigenvalue weighted by Crippen LogP contribution is -2.51. The summed E-state index contributed by atoms with van der Waals surface area (Å²) >= 11 is 3.58. The van der Waals surface area contributed by atoms with Crippen molar-refractivity contribution in [1.82, 2.24) is 40.0 Å². The maximum absolute atomic E-state index is 14.0. The summed E-state index contributed by atoms with van der Waals surface area (Å²) in [6.07, 6.45) is 18.2. The number of benzene rings is 2. The summed E-state index contributed by atoms with van der Waals surface area (Å²) in [6, 6.07) is 9.20. The Morgan fingerprint density at radius 1 is 0.660 bits per heavy atom. The minimum atomic E-state index is -0.366. The third kappa shape index (κ3) is 9.84. The van der Waals surface area contributed by atoms with Crippen LogP contribution in [0.15, 0.2) is 47.2 Å². The van der Waals surface area contributed by atoms with Gasteiger partial charge in [0.1, 0.15) is 0 Å². The van der Waals surface area contributed by atoms with Crippen LogP contribution < -0.4 is 0 Å². The number of hydrazine groups is 1. The Balaban J connectivity index is 0.00000300. The molecular weight excluding hydrogens is 703 g/mol. The van der Waals surface area contributed by atoms with Gasteiger partial charge in [-0.1, -0.05) is 117 Å². The summed E-state index contributed by atoms with van der Waals surface area (Å²) in [5, 5.41) is 22.0. The molecule has 13 heteroatoms. The Kier molecular flexibility index (Phi) is 15.8. The molecule has 2 aromatic carbocycles. The standard InChI is InChI=1S/C34H45BrN8O2.2ClH/c1-3-5-7-9-11-13-20-40-22-26(36-38-40)24-42(25-27-23-41(39-37-27)21-14-12-10-8-6-4-2)43-33(44)29-17-15-16-28-31(35)19-18-30(32(28)29)34(43)45;;/h15-19,22-23H,3-14,20-21,24-25H2,1-2H3;2*1H. The van der Waals surface area contributed by atoms with Gasteiger partial charge in [-0.25, -0.2) is 5.01 Å². The van der Waals surface area contributed by atoms with Gasteiger partial charge in [0.25, 0.3) is 11.8 Å². The molecule has 4 aromatic rings. The predicted molar refractivity (Wildman–Crippen MR) is 193 cm³/mol. The Morgan fingerprint density at radius 3 is 1.68 bits per heavy atom. The lowest BCUT2D eigenvalue weighted by molar-refractivity contribution is -0.0130. The number of hydrogen-bond donors (Lipinski definition) is 0. The second kappa shape index (κ2) is 19.2. The lowest BCUT2D eigenvalue weighted by atomic mass is 9.95. The molecule has 3 heterocycles. The van der Waals surface area contributed by atoms with E-state index in [1.54, 1.807) is 17.1 Å². The molecule has 47 heavy (non-hydrogen) atoms. The van der Waals surface area contributed by atoms with E-state index in [0.29, 0.717) is 27.9 Å². The fourth-order valence-corrected chi connectivity index (χ4v) is 6.49. The predicted octanol–water partition coefficient (Wildman–Crippen LogP) is 8.56. The third-order valence-electron chi connectivity index (χ3n) is 8.46. The SMILES string of the molecule is CCCCCCCCn1cc(CN(Cc2cn(CCCCCCCC)nn2)N2C(=O)c3cccc4c(Br)ccc(c34)C2=O)nn1.Cl.Cl. The van der Waals surface area contributed by atoms with E-state index < -0.39 is 0 Å². The van der Waals surface area contributed by atoms with Crippen LogP contribution in [0.2, 0.25) is 0 Å². The van der Waals surface area contributed by atoms with Gasteiger partial charge in [0, 0.05) is 35.3 Å². The van der Waals surface area contributed by atoms with Crippen molar-refractivity contribution in [2.24, 2.45) is 0 Å². The quantitative estimate of drug-likeness (QED) is 0.0699. The van der Waals surface area contributed by atoms with Gasteiger partial charge in [-0.3, -0.25) is 19.0 Å². The fraction of sp³-hybridized carbons (Fsp3) is 0.529. The zero-order valence-corrected chi connectivity index (χ0v) is 30.7. The molecule has 1 aliphatic rings. The number of aryl methyl sites for hydroxylation is 2. The van der Waals surface area contributed by atoms with Crippen molar-refractivity contribution >= 4 is 63.3 Å². The van der Waals surface area contributed by atoms with Gasteiger partial charge in [0.05, 0.1) is 35.6 Å². The molecule has 2 amide bonds. The average Bonchev–Trinajstić information content (AvgIpc) is 3.69. The van der Waals surface area contributed by atoms with E-state index in [9.17, 15) is 9.59 Å². The molecule has 0 bridgehead atoms. The van der Waals surface area contributed by atoms with Crippen LogP contribution in [0.25, 0.3) is 10.8 Å². The highest BCUT2D eigenvalue weighted by Crippen LogP contribution is 2.35. The molecule has 0 saturated carbocycles. The second-order valence-electron chi connectivity index (χ2n) is 12.0. The number of unbranched alkanes of at least 4 members (excludes halogenated alkanes) is 10. The lowest BCUT2D eigenvalue weighted by Gasteiger charge is -2.35. The molecule has 2 aromatic heterocycles. The highest BCUT2D eigenvalue weighted by atomic mass is 79.9. The molecule has 0 N–H and O–H groups in total. The van der Waals surface area contributed by atoms with E-state index in [-0.39, 0.29) is 49.7 Å². The van der Waals surface area contributed by atoms with Gasteiger partial charge in [0.2, 0.25) is 0 Å². The van der Waals surface area contributed by atoms with Gasteiger partial charge in [0.15, 0.2) is 0 Å². The van der Waals surface area contributed by atoms with E-state index in [2.05, 4.69) is 50.4 Å². The van der Waals surface area contributed by atoms with Crippen molar-refractivity contribution in [3.63, 3.8) is 0 Å². The fourth-order valence-electron chi connectivity index (χ4n) is 6.02. The van der Waals surface area contributed by atoms with Crippen LogP contribution in [-0.2, 0) is 26.2 Å². The smallest absolute Gasteiger partial charge is 0.267 e. The van der Waals surface area contributed by atoms with Gasteiger partial charge < -0.3 is 0 Å². The molecular formula is C34H47BrCl2N8O2. The van der Waals surface area contributed by atoms with E-state index >= 15 is 0 Å². The van der Waals surface area contributed by atoms with E-state index in [0.717, 1.165) is 48.6 Å². The van der Waals surface area contributed by atoms with E-state index in [4.69, 9.17) is 0 Å². The zero-order valence-electron chi connectivity index (χ0n) is 27.4. The molecule has 5 rings (SSSR count). The van der Waals surface area contributed by atoms with Crippen molar-refractivity contribution in [3.05, 3.63) is 69.7 Å². The number of halogens is 3. The Bertz CT molecular complexity index is 1510. The van der Waals surface area contributed by atoms with E-state index in [1.165, 1.54) is 56.4 Å². The van der Waals surface area contributed by atoms with Crippen LogP contribution >= 0.6 is 40.7 Å². The minimum absolute atomic E-state index is 0. The Labute approximate surface area is 298 Å². The van der Waals surface area contributed by atoms with Crippen LogP contribution in [0.4, 0.5) is 0 Å². The van der Waals surface area contributed by atoms with Crippen LogP contribution in [-0.4, -0.2) is 51.8 Å².